The second-order valence-electron chi connectivity index (χ2n) is 4.17. The number of aromatic nitrogens is 3. The topological polar surface area (TPSA) is 107 Å². The fourth-order valence-corrected chi connectivity index (χ4v) is 2.35. The number of methoxy groups -OCH3 is 1. The van der Waals surface area contributed by atoms with Crippen LogP contribution in [-0.4, -0.2) is 39.4 Å². The van der Waals surface area contributed by atoms with Gasteiger partial charge in [0.25, 0.3) is 5.91 Å². The zero-order chi connectivity index (χ0) is 15.0. The molecule has 2 heterocycles. The van der Waals surface area contributed by atoms with Crippen molar-refractivity contribution in [2.75, 3.05) is 18.7 Å². The van der Waals surface area contributed by atoms with Crippen LogP contribution in [0.25, 0.3) is 5.69 Å². The van der Waals surface area contributed by atoms with Crippen molar-refractivity contribution in [3.05, 3.63) is 23.9 Å². The number of nitrogens with one attached hydrogen (secondary N) is 1. The number of rotatable bonds is 2. The van der Waals surface area contributed by atoms with Crippen molar-refractivity contribution in [2.45, 2.75) is 0 Å². The molecule has 108 valence electrons. The van der Waals surface area contributed by atoms with Gasteiger partial charge in [-0.25, -0.2) is 4.99 Å². The van der Waals surface area contributed by atoms with Gasteiger partial charge < -0.3 is 15.8 Å². The molecule has 1 aliphatic rings. The molecule has 0 atom stereocenters. The van der Waals surface area contributed by atoms with E-state index in [0.717, 1.165) is 5.69 Å². The van der Waals surface area contributed by atoms with E-state index in [-0.39, 0.29) is 5.69 Å². The number of amidine groups is 1. The third-order valence-corrected chi connectivity index (χ3v) is 3.53. The Labute approximate surface area is 124 Å². The minimum Gasteiger partial charge on any atom is -0.497 e. The van der Waals surface area contributed by atoms with Crippen LogP contribution >= 0.6 is 11.8 Å². The molecule has 0 unspecified atom stereocenters. The highest BCUT2D eigenvalue weighted by molar-refractivity contribution is 8.13. The molecule has 21 heavy (non-hydrogen) atoms. The number of ether oxygens (including phenoxy) is 1. The van der Waals surface area contributed by atoms with Gasteiger partial charge in [0.2, 0.25) is 0 Å². The van der Waals surface area contributed by atoms with E-state index in [0.29, 0.717) is 22.4 Å². The summed E-state index contributed by atoms with van der Waals surface area (Å²) in [6.07, 6.45) is 1.87. The van der Waals surface area contributed by atoms with Crippen molar-refractivity contribution < 1.29 is 9.53 Å². The molecule has 9 heteroatoms. The number of thioether (sulfide) groups is 1. The molecule has 0 bridgehead atoms. The number of carbonyl (C=O) groups excluding carboxylic acids is 1. The fraction of sp³-hybridized carbons (Fsp3) is 0.167. The smallest absolute Gasteiger partial charge is 0.273 e. The second-order valence-corrected chi connectivity index (χ2v) is 4.96. The van der Waals surface area contributed by atoms with Crippen molar-refractivity contribution in [1.29, 1.82) is 0 Å². The monoisotopic (exact) mass is 304 g/mol. The van der Waals surface area contributed by atoms with Crippen molar-refractivity contribution >= 4 is 34.3 Å². The van der Waals surface area contributed by atoms with E-state index in [1.165, 1.54) is 16.4 Å². The molecule has 1 aliphatic heterocycles. The molecule has 2 aromatic rings. The van der Waals surface area contributed by atoms with Gasteiger partial charge in [0.1, 0.15) is 5.75 Å². The van der Waals surface area contributed by atoms with Crippen LogP contribution in [0.15, 0.2) is 23.2 Å². The largest absolute Gasteiger partial charge is 0.497 e. The lowest BCUT2D eigenvalue weighted by molar-refractivity contribution is 0.0996. The highest BCUT2D eigenvalue weighted by Gasteiger charge is 2.23. The average Bonchev–Trinajstić information content (AvgIpc) is 2.83. The highest BCUT2D eigenvalue weighted by Crippen LogP contribution is 2.33. The molecule has 1 aromatic heterocycles. The predicted molar refractivity (Wildman–Crippen MR) is 80.7 cm³/mol. The number of primary amides is 1. The average molecular weight is 304 g/mol. The molecule has 1 aromatic carbocycles. The number of fused-ring (bicyclic) bond motifs is 3. The summed E-state index contributed by atoms with van der Waals surface area (Å²) in [6, 6.07) is 5.42. The van der Waals surface area contributed by atoms with Gasteiger partial charge in [-0.05, 0) is 18.4 Å². The quantitative estimate of drug-likeness (QED) is 0.861. The number of benzene rings is 1. The molecule has 0 saturated heterocycles. The van der Waals surface area contributed by atoms with Crippen LogP contribution in [0.5, 0.6) is 5.75 Å². The minimum absolute atomic E-state index is 0.0343. The van der Waals surface area contributed by atoms with E-state index < -0.39 is 5.91 Å². The molecule has 3 rings (SSSR count). The molecule has 0 spiro atoms. The van der Waals surface area contributed by atoms with Crippen molar-refractivity contribution in [3.8, 4) is 11.4 Å². The maximum absolute atomic E-state index is 11.4. The SMILES string of the molecule is COc1ccc2c(c1)NC(SC)=Nc1c(C(N)=O)nnn1-2. The van der Waals surface area contributed by atoms with Gasteiger partial charge in [0, 0.05) is 6.07 Å². The first-order valence-corrected chi connectivity index (χ1v) is 7.20. The number of nitrogens with two attached hydrogens (primary N) is 1. The van der Waals surface area contributed by atoms with E-state index in [1.54, 1.807) is 13.2 Å². The van der Waals surface area contributed by atoms with E-state index in [9.17, 15) is 4.79 Å². The van der Waals surface area contributed by atoms with E-state index in [4.69, 9.17) is 10.5 Å². The first-order chi connectivity index (χ1) is 10.1. The third kappa shape index (κ3) is 2.21. The third-order valence-electron chi connectivity index (χ3n) is 2.95. The number of aliphatic imine (C=N–C) groups is 1. The lowest BCUT2D eigenvalue weighted by Crippen LogP contribution is -2.12. The zero-order valence-corrected chi connectivity index (χ0v) is 12.1. The van der Waals surface area contributed by atoms with Crippen LogP contribution in [0.4, 0.5) is 11.5 Å². The molecule has 1 amide bonds. The summed E-state index contributed by atoms with van der Waals surface area (Å²) in [5.74, 6) is 0.334. The Morgan fingerprint density at radius 2 is 2.29 bits per heavy atom. The van der Waals surface area contributed by atoms with E-state index in [1.807, 2.05) is 18.4 Å². The number of amides is 1. The summed E-state index contributed by atoms with van der Waals surface area (Å²) in [6.45, 7) is 0. The van der Waals surface area contributed by atoms with Crippen LogP contribution in [0.3, 0.4) is 0 Å². The van der Waals surface area contributed by atoms with Crippen molar-refractivity contribution in [2.24, 2.45) is 10.7 Å². The predicted octanol–water partition coefficient (Wildman–Crippen LogP) is 1.15. The Balaban J connectivity index is 2.26. The molecule has 0 aliphatic carbocycles. The van der Waals surface area contributed by atoms with Crippen LogP contribution in [0.1, 0.15) is 10.5 Å². The van der Waals surface area contributed by atoms with Gasteiger partial charge in [-0.1, -0.05) is 17.0 Å². The standard InChI is InChI=1S/C12H12N6O2S/c1-20-6-3-4-8-7(5-6)14-12(21-2)15-11-9(10(13)19)16-17-18(8)11/h3-5H,1-2H3,(H2,13,19)(H,14,15). The maximum Gasteiger partial charge on any atom is 0.273 e. The van der Waals surface area contributed by atoms with Gasteiger partial charge >= 0.3 is 0 Å². The van der Waals surface area contributed by atoms with Crippen LogP contribution in [0, 0.1) is 0 Å². The van der Waals surface area contributed by atoms with Gasteiger partial charge in [0.15, 0.2) is 16.7 Å². The van der Waals surface area contributed by atoms with Crippen LogP contribution in [0.2, 0.25) is 0 Å². The summed E-state index contributed by atoms with van der Waals surface area (Å²) >= 11 is 1.40. The molecular weight excluding hydrogens is 292 g/mol. The summed E-state index contributed by atoms with van der Waals surface area (Å²) in [5, 5.41) is 11.6. The first-order valence-electron chi connectivity index (χ1n) is 5.97. The normalized spacial score (nSPS) is 12.6. The molecule has 0 fully saturated rings. The number of hydrogen-bond acceptors (Lipinski definition) is 7. The Bertz CT molecular complexity index is 754. The Morgan fingerprint density at radius 1 is 1.48 bits per heavy atom. The van der Waals surface area contributed by atoms with Gasteiger partial charge in [-0.2, -0.15) is 4.68 Å². The minimum atomic E-state index is -0.669. The fourth-order valence-electron chi connectivity index (χ4n) is 1.96. The summed E-state index contributed by atoms with van der Waals surface area (Å²) in [7, 11) is 1.59. The van der Waals surface area contributed by atoms with Crippen molar-refractivity contribution in [1.82, 2.24) is 15.0 Å². The zero-order valence-electron chi connectivity index (χ0n) is 11.3. The lowest BCUT2D eigenvalue weighted by Gasteiger charge is -2.10. The number of anilines is 1. The number of hydrogen-bond donors (Lipinski definition) is 2. The van der Waals surface area contributed by atoms with Gasteiger partial charge in [0.05, 0.1) is 18.5 Å². The number of nitrogens with zero attached hydrogens (tertiary/aromatic N) is 4. The molecule has 3 N–H and O–H groups in total. The summed E-state index contributed by atoms with van der Waals surface area (Å²) in [4.78, 5) is 15.8. The second kappa shape index (κ2) is 5.09. The molecule has 8 nitrogen and oxygen atoms in total. The van der Waals surface area contributed by atoms with Crippen LogP contribution < -0.4 is 15.8 Å². The van der Waals surface area contributed by atoms with Crippen molar-refractivity contribution in [3.63, 3.8) is 0 Å². The highest BCUT2D eigenvalue weighted by atomic mass is 32.2. The van der Waals surface area contributed by atoms with E-state index in [2.05, 4.69) is 20.6 Å². The molecule has 0 radical (unpaired) electrons. The van der Waals surface area contributed by atoms with Crippen LogP contribution in [-0.2, 0) is 0 Å². The molecular formula is C12H12N6O2S. The Morgan fingerprint density at radius 3 is 2.95 bits per heavy atom. The van der Waals surface area contributed by atoms with E-state index >= 15 is 0 Å². The maximum atomic E-state index is 11.4. The van der Waals surface area contributed by atoms with Gasteiger partial charge in [-0.15, -0.1) is 5.10 Å². The summed E-state index contributed by atoms with van der Waals surface area (Å²) in [5.41, 5.74) is 6.81. The lowest BCUT2D eigenvalue weighted by atomic mass is 10.2. The van der Waals surface area contributed by atoms with Gasteiger partial charge in [-0.3, -0.25) is 4.79 Å². The molecule has 0 saturated carbocycles. The first kappa shape index (κ1) is 13.4. The summed E-state index contributed by atoms with van der Waals surface area (Å²) < 4.78 is 6.69. The number of carbonyl (C=O) groups is 1. The Hall–Kier alpha value is -2.55. The Kier molecular flexibility index (Phi) is 3.26.